The van der Waals surface area contributed by atoms with Crippen molar-refractivity contribution < 1.29 is 4.74 Å². The van der Waals surface area contributed by atoms with Crippen LogP contribution >= 0.6 is 0 Å². The van der Waals surface area contributed by atoms with Gasteiger partial charge >= 0.3 is 0 Å². The summed E-state index contributed by atoms with van der Waals surface area (Å²) in [5, 5.41) is 3.08. The summed E-state index contributed by atoms with van der Waals surface area (Å²) in [5.41, 5.74) is 2.07. The zero-order chi connectivity index (χ0) is 14.7. The SMILES string of the molecule is CNc1nccnc1[C@H]1CN(Cc2cncn2C)CCO1. The zero-order valence-corrected chi connectivity index (χ0v) is 12.4. The van der Waals surface area contributed by atoms with E-state index in [0.29, 0.717) is 6.61 Å². The molecule has 1 aliphatic heterocycles. The molecule has 112 valence electrons. The summed E-state index contributed by atoms with van der Waals surface area (Å²) >= 11 is 0. The lowest BCUT2D eigenvalue weighted by molar-refractivity contribution is -0.0353. The van der Waals surface area contributed by atoms with E-state index in [-0.39, 0.29) is 6.10 Å². The molecule has 0 aliphatic carbocycles. The number of hydrogen-bond donors (Lipinski definition) is 1. The van der Waals surface area contributed by atoms with Crippen molar-refractivity contribution >= 4 is 5.82 Å². The number of aryl methyl sites for hydroxylation is 1. The summed E-state index contributed by atoms with van der Waals surface area (Å²) in [7, 11) is 3.87. The Balaban J connectivity index is 1.72. The van der Waals surface area contributed by atoms with Crippen LogP contribution in [0.25, 0.3) is 0 Å². The van der Waals surface area contributed by atoms with Gasteiger partial charge in [-0.25, -0.2) is 9.97 Å². The van der Waals surface area contributed by atoms with E-state index in [4.69, 9.17) is 4.74 Å². The fourth-order valence-electron chi connectivity index (χ4n) is 2.55. The molecular weight excluding hydrogens is 268 g/mol. The minimum absolute atomic E-state index is 0.0527. The topological polar surface area (TPSA) is 68.1 Å². The Morgan fingerprint density at radius 3 is 3.00 bits per heavy atom. The minimum atomic E-state index is -0.0527. The van der Waals surface area contributed by atoms with Crippen molar-refractivity contribution in [3.05, 3.63) is 36.3 Å². The molecule has 0 amide bonds. The fraction of sp³-hybridized carbons (Fsp3) is 0.500. The van der Waals surface area contributed by atoms with Crippen molar-refractivity contribution in [2.75, 3.05) is 32.1 Å². The first-order chi connectivity index (χ1) is 10.3. The molecule has 0 spiro atoms. The van der Waals surface area contributed by atoms with Gasteiger partial charge in [-0.05, 0) is 0 Å². The number of nitrogens with zero attached hydrogens (tertiary/aromatic N) is 5. The largest absolute Gasteiger partial charge is 0.372 e. The normalized spacial score (nSPS) is 19.6. The molecule has 1 N–H and O–H groups in total. The maximum atomic E-state index is 5.88. The summed E-state index contributed by atoms with van der Waals surface area (Å²) in [5.74, 6) is 0.782. The second-order valence-electron chi connectivity index (χ2n) is 5.13. The molecule has 7 nitrogen and oxygen atoms in total. The van der Waals surface area contributed by atoms with E-state index in [2.05, 4.69) is 25.2 Å². The third-order valence-corrected chi connectivity index (χ3v) is 3.72. The summed E-state index contributed by atoms with van der Waals surface area (Å²) in [6.07, 6.45) is 7.08. The standard InChI is InChI=1S/C14H20N6O/c1-15-14-13(17-3-4-18-14)12-9-20(5-6-21-12)8-11-7-16-10-19(11)2/h3-4,7,10,12H,5-6,8-9H2,1-2H3,(H,15,18)/t12-/m1/s1. The maximum absolute atomic E-state index is 5.88. The quantitative estimate of drug-likeness (QED) is 0.898. The van der Waals surface area contributed by atoms with Gasteiger partial charge in [0.25, 0.3) is 0 Å². The van der Waals surface area contributed by atoms with Crippen LogP contribution in [-0.2, 0) is 18.3 Å². The predicted octanol–water partition coefficient (Wildman–Crippen LogP) is 0.825. The zero-order valence-electron chi connectivity index (χ0n) is 12.4. The van der Waals surface area contributed by atoms with Gasteiger partial charge in [0.05, 0.1) is 18.6 Å². The lowest BCUT2D eigenvalue weighted by Gasteiger charge is -2.32. The van der Waals surface area contributed by atoms with E-state index in [1.807, 2.05) is 31.2 Å². The highest BCUT2D eigenvalue weighted by Crippen LogP contribution is 2.25. The molecule has 21 heavy (non-hydrogen) atoms. The van der Waals surface area contributed by atoms with Crippen LogP contribution in [0, 0.1) is 0 Å². The van der Waals surface area contributed by atoms with Gasteiger partial charge in [0.15, 0.2) is 0 Å². The molecule has 1 aliphatic rings. The van der Waals surface area contributed by atoms with Crippen LogP contribution in [0.5, 0.6) is 0 Å². The molecule has 0 saturated carbocycles. The van der Waals surface area contributed by atoms with Crippen LogP contribution < -0.4 is 5.32 Å². The van der Waals surface area contributed by atoms with Crippen LogP contribution in [0.2, 0.25) is 0 Å². The highest BCUT2D eigenvalue weighted by Gasteiger charge is 2.26. The highest BCUT2D eigenvalue weighted by molar-refractivity contribution is 5.40. The van der Waals surface area contributed by atoms with Gasteiger partial charge in [-0.15, -0.1) is 0 Å². The number of rotatable bonds is 4. The van der Waals surface area contributed by atoms with Gasteiger partial charge in [0, 0.05) is 52.3 Å². The fourth-order valence-corrected chi connectivity index (χ4v) is 2.55. The molecular formula is C14H20N6O. The Morgan fingerprint density at radius 1 is 1.38 bits per heavy atom. The van der Waals surface area contributed by atoms with Crippen LogP contribution in [-0.4, -0.2) is 51.2 Å². The first kappa shape index (κ1) is 14.0. The number of anilines is 1. The van der Waals surface area contributed by atoms with E-state index >= 15 is 0 Å². The number of imidazole rings is 1. The van der Waals surface area contributed by atoms with Crippen LogP contribution in [0.4, 0.5) is 5.82 Å². The second kappa shape index (κ2) is 6.19. The molecule has 7 heteroatoms. The van der Waals surface area contributed by atoms with Crippen molar-refractivity contribution in [1.82, 2.24) is 24.4 Å². The molecule has 3 heterocycles. The van der Waals surface area contributed by atoms with Gasteiger partial charge in [-0.2, -0.15) is 0 Å². The third-order valence-electron chi connectivity index (χ3n) is 3.72. The summed E-state index contributed by atoms with van der Waals surface area (Å²) in [4.78, 5) is 15.3. The van der Waals surface area contributed by atoms with Crippen molar-refractivity contribution in [2.24, 2.45) is 7.05 Å². The average Bonchev–Trinajstić information content (AvgIpc) is 2.93. The number of nitrogens with one attached hydrogen (secondary N) is 1. The van der Waals surface area contributed by atoms with Gasteiger partial charge < -0.3 is 14.6 Å². The Morgan fingerprint density at radius 2 is 2.24 bits per heavy atom. The molecule has 1 saturated heterocycles. The van der Waals surface area contributed by atoms with Crippen molar-refractivity contribution in [3.8, 4) is 0 Å². The third kappa shape index (κ3) is 3.03. The first-order valence-electron chi connectivity index (χ1n) is 7.05. The van der Waals surface area contributed by atoms with Gasteiger partial charge in [0.2, 0.25) is 0 Å². The van der Waals surface area contributed by atoms with Crippen molar-refractivity contribution in [1.29, 1.82) is 0 Å². The Kier molecular flexibility index (Phi) is 4.12. The lowest BCUT2D eigenvalue weighted by atomic mass is 10.2. The van der Waals surface area contributed by atoms with Crippen LogP contribution in [0.1, 0.15) is 17.5 Å². The molecule has 2 aromatic heterocycles. The molecule has 0 radical (unpaired) electrons. The summed E-state index contributed by atoms with van der Waals surface area (Å²) in [6, 6.07) is 0. The summed E-state index contributed by atoms with van der Waals surface area (Å²) < 4.78 is 7.93. The molecule has 0 bridgehead atoms. The lowest BCUT2D eigenvalue weighted by Crippen LogP contribution is -2.38. The Labute approximate surface area is 124 Å². The summed E-state index contributed by atoms with van der Waals surface area (Å²) in [6.45, 7) is 3.28. The monoisotopic (exact) mass is 288 g/mol. The number of hydrogen-bond acceptors (Lipinski definition) is 6. The molecule has 0 unspecified atom stereocenters. The van der Waals surface area contributed by atoms with E-state index in [9.17, 15) is 0 Å². The van der Waals surface area contributed by atoms with Gasteiger partial charge in [0.1, 0.15) is 17.6 Å². The van der Waals surface area contributed by atoms with E-state index in [0.717, 1.165) is 31.1 Å². The predicted molar refractivity (Wildman–Crippen MR) is 78.8 cm³/mol. The molecule has 0 aromatic carbocycles. The molecule has 1 fully saturated rings. The first-order valence-corrected chi connectivity index (χ1v) is 7.05. The van der Waals surface area contributed by atoms with E-state index in [1.165, 1.54) is 5.69 Å². The number of morpholine rings is 1. The van der Waals surface area contributed by atoms with E-state index in [1.54, 1.807) is 12.4 Å². The van der Waals surface area contributed by atoms with Gasteiger partial charge in [-0.3, -0.25) is 9.88 Å². The van der Waals surface area contributed by atoms with Crippen molar-refractivity contribution in [2.45, 2.75) is 12.6 Å². The number of ether oxygens (including phenoxy) is 1. The second-order valence-corrected chi connectivity index (χ2v) is 5.13. The number of aromatic nitrogens is 4. The van der Waals surface area contributed by atoms with Gasteiger partial charge in [-0.1, -0.05) is 0 Å². The Bertz CT molecular complexity index is 599. The smallest absolute Gasteiger partial charge is 0.150 e. The maximum Gasteiger partial charge on any atom is 0.150 e. The average molecular weight is 288 g/mol. The minimum Gasteiger partial charge on any atom is -0.372 e. The van der Waals surface area contributed by atoms with Crippen molar-refractivity contribution in [3.63, 3.8) is 0 Å². The molecule has 3 rings (SSSR count). The van der Waals surface area contributed by atoms with E-state index < -0.39 is 0 Å². The van der Waals surface area contributed by atoms with Crippen LogP contribution in [0.3, 0.4) is 0 Å². The molecule has 1 atom stereocenters. The molecule has 2 aromatic rings. The Hall–Kier alpha value is -1.99. The highest BCUT2D eigenvalue weighted by atomic mass is 16.5. The van der Waals surface area contributed by atoms with Crippen LogP contribution in [0.15, 0.2) is 24.9 Å².